The van der Waals surface area contributed by atoms with Crippen molar-refractivity contribution in [3.8, 4) is 5.75 Å². The zero-order valence-electron chi connectivity index (χ0n) is 13.2. The first kappa shape index (κ1) is 18.0. The van der Waals surface area contributed by atoms with Crippen molar-refractivity contribution >= 4 is 12.6 Å². The predicted octanol–water partition coefficient (Wildman–Crippen LogP) is 0.350. The van der Waals surface area contributed by atoms with E-state index >= 15 is 0 Å². The van der Waals surface area contributed by atoms with Crippen LogP contribution in [-0.2, 0) is 4.74 Å². The molecule has 0 unspecified atom stereocenters. The number of benzene rings is 1. The van der Waals surface area contributed by atoms with E-state index in [2.05, 4.69) is 18.7 Å². The van der Waals surface area contributed by atoms with Crippen molar-refractivity contribution < 1.29 is 19.5 Å². The Labute approximate surface area is 127 Å². The van der Waals surface area contributed by atoms with Crippen LogP contribution in [0.3, 0.4) is 0 Å². The molecular formula is C15H26BNO4. The lowest BCUT2D eigenvalue weighted by Gasteiger charge is -2.23. The topological polar surface area (TPSA) is 62.2 Å². The van der Waals surface area contributed by atoms with E-state index in [0.29, 0.717) is 18.0 Å². The summed E-state index contributed by atoms with van der Waals surface area (Å²) in [7, 11) is 0.274. The maximum atomic E-state index is 9.03. The first-order valence-electron chi connectivity index (χ1n) is 7.33. The van der Waals surface area contributed by atoms with Gasteiger partial charge in [0.15, 0.2) is 0 Å². The van der Waals surface area contributed by atoms with E-state index in [1.54, 1.807) is 31.4 Å². The fourth-order valence-electron chi connectivity index (χ4n) is 2.06. The molecule has 0 aliphatic rings. The maximum Gasteiger partial charge on any atom is 0.488 e. The molecule has 0 saturated heterocycles. The second kappa shape index (κ2) is 9.79. The normalized spacial score (nSPS) is 11.2. The second-order valence-electron chi connectivity index (χ2n) is 5.48. The van der Waals surface area contributed by atoms with Crippen molar-refractivity contribution in [2.75, 3.05) is 40.0 Å². The SMILES string of the molecule is COCCN(CCOc1ccc(B(O)O)cc1)CC(C)C. The van der Waals surface area contributed by atoms with E-state index in [1.165, 1.54) is 0 Å². The minimum Gasteiger partial charge on any atom is -0.492 e. The summed E-state index contributed by atoms with van der Waals surface area (Å²) in [5.41, 5.74) is 0.462. The van der Waals surface area contributed by atoms with E-state index in [4.69, 9.17) is 19.5 Å². The highest BCUT2D eigenvalue weighted by atomic mass is 16.5. The molecule has 0 aromatic heterocycles. The van der Waals surface area contributed by atoms with Crippen molar-refractivity contribution in [2.45, 2.75) is 13.8 Å². The third-order valence-corrected chi connectivity index (χ3v) is 3.09. The van der Waals surface area contributed by atoms with Crippen LogP contribution in [0.1, 0.15) is 13.8 Å². The molecule has 0 fully saturated rings. The largest absolute Gasteiger partial charge is 0.492 e. The van der Waals surface area contributed by atoms with Gasteiger partial charge in [0, 0.05) is 26.7 Å². The number of rotatable bonds is 10. The monoisotopic (exact) mass is 295 g/mol. The molecule has 1 rings (SSSR count). The summed E-state index contributed by atoms with van der Waals surface area (Å²) in [6.07, 6.45) is 0. The van der Waals surface area contributed by atoms with Gasteiger partial charge in [0.05, 0.1) is 6.61 Å². The summed E-state index contributed by atoms with van der Waals surface area (Å²) in [5, 5.41) is 18.1. The Kier molecular flexibility index (Phi) is 8.38. The number of hydrogen-bond acceptors (Lipinski definition) is 5. The molecule has 0 heterocycles. The van der Waals surface area contributed by atoms with Gasteiger partial charge >= 0.3 is 7.12 Å². The summed E-state index contributed by atoms with van der Waals surface area (Å²) in [6, 6.07) is 6.79. The minimum atomic E-state index is -1.44. The molecule has 2 N–H and O–H groups in total. The average molecular weight is 295 g/mol. The molecule has 5 nitrogen and oxygen atoms in total. The molecule has 0 saturated carbocycles. The van der Waals surface area contributed by atoms with Crippen LogP contribution in [-0.4, -0.2) is 62.0 Å². The van der Waals surface area contributed by atoms with Gasteiger partial charge in [-0.25, -0.2) is 0 Å². The van der Waals surface area contributed by atoms with E-state index in [1.807, 2.05) is 0 Å². The van der Waals surface area contributed by atoms with Crippen LogP contribution in [0.2, 0.25) is 0 Å². The quantitative estimate of drug-likeness (QED) is 0.610. The lowest BCUT2D eigenvalue weighted by atomic mass is 9.80. The molecule has 21 heavy (non-hydrogen) atoms. The molecular weight excluding hydrogens is 269 g/mol. The minimum absolute atomic E-state index is 0.462. The summed E-state index contributed by atoms with van der Waals surface area (Å²) in [6.45, 7) is 8.45. The Morgan fingerprint density at radius 2 is 1.71 bits per heavy atom. The van der Waals surface area contributed by atoms with Crippen LogP contribution < -0.4 is 10.2 Å². The second-order valence-corrected chi connectivity index (χ2v) is 5.48. The van der Waals surface area contributed by atoms with Gasteiger partial charge < -0.3 is 19.5 Å². The Balaban J connectivity index is 2.38. The van der Waals surface area contributed by atoms with Crippen molar-refractivity contribution in [1.82, 2.24) is 4.90 Å². The maximum absolute atomic E-state index is 9.03. The predicted molar refractivity (Wildman–Crippen MR) is 84.9 cm³/mol. The average Bonchev–Trinajstić information content (AvgIpc) is 2.44. The number of ether oxygens (including phenoxy) is 2. The molecule has 0 aliphatic carbocycles. The Bertz CT molecular complexity index is 384. The van der Waals surface area contributed by atoms with Crippen LogP contribution >= 0.6 is 0 Å². The van der Waals surface area contributed by atoms with Crippen LogP contribution in [0.5, 0.6) is 5.75 Å². The highest BCUT2D eigenvalue weighted by molar-refractivity contribution is 6.58. The zero-order valence-corrected chi connectivity index (χ0v) is 13.2. The van der Waals surface area contributed by atoms with Crippen molar-refractivity contribution in [3.05, 3.63) is 24.3 Å². The summed E-state index contributed by atoms with van der Waals surface area (Å²) in [4.78, 5) is 2.32. The summed E-state index contributed by atoms with van der Waals surface area (Å²) in [5.74, 6) is 1.34. The standard InChI is InChI=1S/C15H26BNO4/c1-13(2)12-17(8-10-20-3)9-11-21-15-6-4-14(5-7-15)16(18)19/h4-7,13,18-19H,8-12H2,1-3H3. The third-order valence-electron chi connectivity index (χ3n) is 3.09. The Morgan fingerprint density at radius 1 is 1.10 bits per heavy atom. The van der Waals surface area contributed by atoms with Crippen LogP contribution in [0.25, 0.3) is 0 Å². The smallest absolute Gasteiger partial charge is 0.488 e. The van der Waals surface area contributed by atoms with Crippen LogP contribution in [0.15, 0.2) is 24.3 Å². The lowest BCUT2D eigenvalue weighted by molar-refractivity contribution is 0.127. The molecule has 0 atom stereocenters. The van der Waals surface area contributed by atoms with Gasteiger partial charge in [0.1, 0.15) is 12.4 Å². The molecule has 0 aliphatic heterocycles. The molecule has 1 aromatic rings. The molecule has 0 spiro atoms. The fourth-order valence-corrected chi connectivity index (χ4v) is 2.06. The Morgan fingerprint density at radius 3 is 2.24 bits per heavy atom. The van der Waals surface area contributed by atoms with E-state index in [-0.39, 0.29) is 0 Å². The number of nitrogens with zero attached hydrogens (tertiary/aromatic N) is 1. The van der Waals surface area contributed by atoms with E-state index in [0.717, 1.165) is 32.0 Å². The fraction of sp³-hybridized carbons (Fsp3) is 0.600. The van der Waals surface area contributed by atoms with Gasteiger partial charge in [-0.1, -0.05) is 26.0 Å². The molecule has 0 amide bonds. The first-order valence-corrected chi connectivity index (χ1v) is 7.33. The van der Waals surface area contributed by atoms with Gasteiger partial charge in [-0.15, -0.1) is 0 Å². The van der Waals surface area contributed by atoms with Crippen molar-refractivity contribution in [1.29, 1.82) is 0 Å². The van der Waals surface area contributed by atoms with Gasteiger partial charge in [0.2, 0.25) is 0 Å². The molecule has 6 heteroatoms. The third kappa shape index (κ3) is 7.48. The molecule has 0 radical (unpaired) electrons. The van der Waals surface area contributed by atoms with E-state index in [9.17, 15) is 0 Å². The lowest BCUT2D eigenvalue weighted by Crippen LogP contribution is -2.34. The highest BCUT2D eigenvalue weighted by Gasteiger charge is 2.10. The van der Waals surface area contributed by atoms with Gasteiger partial charge in [-0.2, -0.15) is 0 Å². The van der Waals surface area contributed by atoms with E-state index < -0.39 is 7.12 Å². The Hall–Kier alpha value is -1.08. The molecule has 1 aromatic carbocycles. The highest BCUT2D eigenvalue weighted by Crippen LogP contribution is 2.08. The number of methoxy groups -OCH3 is 1. The number of hydrogen-bond donors (Lipinski definition) is 2. The first-order chi connectivity index (χ1) is 10.0. The van der Waals surface area contributed by atoms with Gasteiger partial charge in [0.25, 0.3) is 0 Å². The van der Waals surface area contributed by atoms with Crippen LogP contribution in [0.4, 0.5) is 0 Å². The van der Waals surface area contributed by atoms with Crippen molar-refractivity contribution in [3.63, 3.8) is 0 Å². The van der Waals surface area contributed by atoms with Crippen molar-refractivity contribution in [2.24, 2.45) is 5.92 Å². The van der Waals surface area contributed by atoms with Gasteiger partial charge in [-0.3, -0.25) is 4.90 Å². The zero-order chi connectivity index (χ0) is 15.7. The molecule has 118 valence electrons. The summed E-state index contributed by atoms with van der Waals surface area (Å²) >= 11 is 0. The van der Waals surface area contributed by atoms with Gasteiger partial charge in [-0.05, 0) is 23.5 Å². The summed E-state index contributed by atoms with van der Waals surface area (Å²) < 4.78 is 10.8. The van der Waals surface area contributed by atoms with Crippen LogP contribution in [0, 0.1) is 5.92 Å². The molecule has 0 bridgehead atoms.